The fourth-order valence-electron chi connectivity index (χ4n) is 2.72. The Morgan fingerprint density at radius 2 is 2.12 bits per heavy atom. The molecule has 1 fully saturated rings. The molecule has 1 aliphatic heterocycles. The zero-order valence-electron chi connectivity index (χ0n) is 15.3. The van der Waals surface area contributed by atoms with Crippen LogP contribution in [-0.4, -0.2) is 60.9 Å². The molecule has 0 bridgehead atoms. The summed E-state index contributed by atoms with van der Waals surface area (Å²) in [6.07, 6.45) is -0.270. The van der Waals surface area contributed by atoms with E-state index >= 15 is 0 Å². The van der Waals surface area contributed by atoms with Gasteiger partial charge in [0.05, 0.1) is 18.2 Å². The predicted octanol–water partition coefficient (Wildman–Crippen LogP) is 2.82. The third kappa shape index (κ3) is 5.37. The number of nitrogens with one attached hydrogen (secondary N) is 1. The van der Waals surface area contributed by atoms with Gasteiger partial charge in [0.15, 0.2) is 8.32 Å². The van der Waals surface area contributed by atoms with Crippen molar-refractivity contribution in [2.45, 2.75) is 76.4 Å². The Morgan fingerprint density at radius 1 is 1.50 bits per heavy atom. The highest BCUT2D eigenvalue weighted by molar-refractivity contribution is 6.74. The molecular weight excluding hydrogens is 328 g/mol. The fraction of sp³-hybridized carbons (Fsp3) is 0.933. The minimum Gasteiger partial charge on any atom is -0.465 e. The van der Waals surface area contributed by atoms with Crippen LogP contribution in [0.15, 0.2) is 5.11 Å². The second-order valence-corrected chi connectivity index (χ2v) is 12.7. The summed E-state index contributed by atoms with van der Waals surface area (Å²) in [6, 6.07) is -0.402. The standard InChI is InChI=1S/C15H30N4O4Si/c1-15(2,3)24(4,5)23-13-7-6-8-19(14(21)22)12(13)9-11(20)10-17-18-16/h11-13,16,20H,6-10H2,1-5H3/p+1/t11?,12-,13+/m1/s1. The van der Waals surface area contributed by atoms with Crippen molar-refractivity contribution in [3.8, 4) is 0 Å². The molecule has 3 N–H and O–H groups in total. The third-order valence-electron chi connectivity index (χ3n) is 5.09. The number of amides is 1. The molecule has 1 aliphatic rings. The van der Waals surface area contributed by atoms with Gasteiger partial charge in [0, 0.05) is 6.54 Å². The van der Waals surface area contributed by atoms with Crippen LogP contribution in [0.3, 0.4) is 0 Å². The lowest BCUT2D eigenvalue weighted by Crippen LogP contribution is -2.56. The lowest BCUT2D eigenvalue weighted by Gasteiger charge is -2.46. The zero-order chi connectivity index (χ0) is 18.5. The smallest absolute Gasteiger partial charge is 0.407 e. The van der Waals surface area contributed by atoms with Crippen molar-refractivity contribution >= 4 is 14.4 Å². The molecule has 1 amide bonds. The molecular formula is C15H31N4O4Si+. The number of aliphatic hydroxyl groups excluding tert-OH is 1. The molecule has 1 unspecified atom stereocenters. The van der Waals surface area contributed by atoms with Crippen LogP contribution in [0.1, 0.15) is 40.0 Å². The molecule has 0 aromatic rings. The number of aliphatic hydroxyl groups is 1. The van der Waals surface area contributed by atoms with Crippen LogP contribution in [-0.2, 0) is 4.43 Å². The number of hydrogen-bond acceptors (Lipinski definition) is 5. The molecule has 8 nitrogen and oxygen atoms in total. The van der Waals surface area contributed by atoms with Crippen LogP contribution in [0.25, 0.3) is 0 Å². The van der Waals surface area contributed by atoms with Crippen LogP contribution < -0.4 is 4.91 Å². The van der Waals surface area contributed by atoms with Crippen LogP contribution in [0.2, 0.25) is 18.1 Å². The molecule has 24 heavy (non-hydrogen) atoms. The number of rotatable bonds is 6. The SMILES string of the molecule is CC(C)(C)[Si](C)(C)O[C@H]1CCCN(C(=O)O)[C@@H]1CC(O)CN=[N+]=N. The highest BCUT2D eigenvalue weighted by Crippen LogP contribution is 2.39. The minimum absolute atomic E-state index is 0.000269. The topological polar surface area (TPSA) is 120 Å². The second kappa shape index (κ2) is 8.20. The first-order valence-corrected chi connectivity index (χ1v) is 11.3. The zero-order valence-corrected chi connectivity index (χ0v) is 16.3. The van der Waals surface area contributed by atoms with Gasteiger partial charge >= 0.3 is 6.09 Å². The van der Waals surface area contributed by atoms with Crippen LogP contribution in [0.5, 0.6) is 0 Å². The number of piperidine rings is 1. The number of nitrogens with zero attached hydrogens (tertiary/aromatic N) is 3. The summed E-state index contributed by atoms with van der Waals surface area (Å²) in [5, 5.41) is 23.1. The monoisotopic (exact) mass is 359 g/mol. The third-order valence-corrected chi connectivity index (χ3v) is 9.60. The maximum absolute atomic E-state index is 11.6. The first-order valence-electron chi connectivity index (χ1n) is 8.38. The maximum atomic E-state index is 11.6. The van der Waals surface area contributed by atoms with Gasteiger partial charge in [-0.3, -0.25) is 0 Å². The normalized spacial score (nSPS) is 23.5. The molecule has 3 atom stereocenters. The molecule has 138 valence electrons. The van der Waals surface area contributed by atoms with Gasteiger partial charge in [-0.15, -0.1) is 0 Å². The highest BCUT2D eigenvalue weighted by atomic mass is 28.4. The molecule has 0 aliphatic carbocycles. The minimum atomic E-state index is -2.05. The summed E-state index contributed by atoms with van der Waals surface area (Å²) in [5.41, 5.74) is 6.67. The molecule has 0 spiro atoms. The summed E-state index contributed by atoms with van der Waals surface area (Å²) in [6.45, 7) is 11.2. The maximum Gasteiger partial charge on any atom is 0.407 e. The van der Waals surface area contributed by atoms with E-state index in [9.17, 15) is 15.0 Å². The average Bonchev–Trinajstić information content (AvgIpc) is 2.45. The Bertz CT molecular complexity index is 488. The largest absolute Gasteiger partial charge is 0.465 e. The molecule has 1 saturated heterocycles. The highest BCUT2D eigenvalue weighted by Gasteiger charge is 2.44. The first kappa shape index (κ1) is 20.8. The van der Waals surface area contributed by atoms with Crippen molar-refractivity contribution in [2.75, 3.05) is 13.1 Å². The van der Waals surface area contributed by atoms with Crippen LogP contribution in [0, 0.1) is 5.53 Å². The Kier molecular flexibility index (Phi) is 7.09. The Balaban J connectivity index is 2.96. The van der Waals surface area contributed by atoms with Gasteiger partial charge in [0.25, 0.3) is 0 Å². The van der Waals surface area contributed by atoms with Crippen molar-refractivity contribution in [3.05, 3.63) is 0 Å². The molecule has 0 aromatic carbocycles. The second-order valence-electron chi connectivity index (χ2n) is 7.92. The van der Waals surface area contributed by atoms with Gasteiger partial charge < -0.3 is 19.5 Å². The molecule has 9 heteroatoms. The summed E-state index contributed by atoms with van der Waals surface area (Å²) in [5.74, 6) is 0. The lowest BCUT2D eigenvalue weighted by atomic mass is 9.94. The summed E-state index contributed by atoms with van der Waals surface area (Å²) < 4.78 is 6.47. The van der Waals surface area contributed by atoms with Gasteiger partial charge in [-0.2, -0.15) is 0 Å². The molecule has 0 saturated carbocycles. The van der Waals surface area contributed by atoms with Crippen molar-refractivity contribution in [2.24, 2.45) is 5.11 Å². The number of carboxylic acid groups (broad SMARTS) is 1. The van der Waals surface area contributed by atoms with E-state index in [0.29, 0.717) is 6.54 Å². The van der Waals surface area contributed by atoms with Gasteiger partial charge in [-0.25, -0.2) is 4.79 Å². The molecule has 0 aromatic heterocycles. The number of hydrogen-bond donors (Lipinski definition) is 3. The van der Waals surface area contributed by atoms with E-state index in [4.69, 9.17) is 9.96 Å². The van der Waals surface area contributed by atoms with Gasteiger partial charge in [-0.05, 0) is 37.4 Å². The van der Waals surface area contributed by atoms with Crippen molar-refractivity contribution in [1.82, 2.24) is 9.81 Å². The molecule has 0 radical (unpaired) electrons. The lowest BCUT2D eigenvalue weighted by molar-refractivity contribution is 0.000443. The summed E-state index contributed by atoms with van der Waals surface area (Å²) >= 11 is 0. The van der Waals surface area contributed by atoms with E-state index in [1.807, 2.05) is 0 Å². The van der Waals surface area contributed by atoms with E-state index in [2.05, 4.69) is 43.9 Å². The van der Waals surface area contributed by atoms with E-state index < -0.39 is 26.6 Å². The summed E-state index contributed by atoms with van der Waals surface area (Å²) in [4.78, 5) is 15.9. The van der Waals surface area contributed by atoms with E-state index in [0.717, 1.165) is 12.8 Å². The molecule has 1 rings (SSSR count). The van der Waals surface area contributed by atoms with Crippen molar-refractivity contribution in [1.29, 1.82) is 5.53 Å². The number of likely N-dealkylation sites (tertiary alicyclic amines) is 1. The average molecular weight is 360 g/mol. The van der Waals surface area contributed by atoms with Crippen molar-refractivity contribution in [3.63, 3.8) is 0 Å². The molecule has 1 heterocycles. The van der Waals surface area contributed by atoms with Crippen LogP contribution in [0.4, 0.5) is 4.79 Å². The van der Waals surface area contributed by atoms with Gasteiger partial charge in [0.1, 0.15) is 17.2 Å². The quantitative estimate of drug-likeness (QED) is 0.383. The van der Waals surface area contributed by atoms with E-state index in [-0.39, 0.29) is 24.1 Å². The van der Waals surface area contributed by atoms with Crippen LogP contribution >= 0.6 is 0 Å². The Hall–Kier alpha value is -1.28. The summed E-state index contributed by atoms with van der Waals surface area (Å²) in [7, 11) is -2.05. The van der Waals surface area contributed by atoms with Gasteiger partial charge in [0.2, 0.25) is 4.91 Å². The number of carbonyl (C=O) groups is 1. The Labute approximate surface area is 144 Å². The van der Waals surface area contributed by atoms with E-state index in [1.54, 1.807) is 0 Å². The Morgan fingerprint density at radius 3 is 2.62 bits per heavy atom. The van der Waals surface area contributed by atoms with E-state index in [1.165, 1.54) is 4.90 Å². The predicted molar refractivity (Wildman–Crippen MR) is 92.6 cm³/mol. The van der Waals surface area contributed by atoms with Gasteiger partial charge in [-0.1, -0.05) is 20.8 Å². The first-order chi connectivity index (χ1) is 11.0. The fourth-order valence-corrected chi connectivity index (χ4v) is 4.10. The van der Waals surface area contributed by atoms with Crippen molar-refractivity contribution < 1.29 is 19.4 Å².